The molecule has 1 saturated carbocycles. The Morgan fingerprint density at radius 2 is 1.95 bits per heavy atom. The van der Waals surface area contributed by atoms with Gasteiger partial charge in [-0.3, -0.25) is 0 Å². The molecule has 0 aliphatic heterocycles. The summed E-state index contributed by atoms with van der Waals surface area (Å²) in [5, 5.41) is 3.29. The summed E-state index contributed by atoms with van der Waals surface area (Å²) in [6, 6.07) is 4.15. The van der Waals surface area contributed by atoms with Crippen LogP contribution in [0.15, 0.2) is 18.3 Å². The summed E-state index contributed by atoms with van der Waals surface area (Å²) in [6.07, 6.45) is 7.21. The molecule has 1 aliphatic rings. The van der Waals surface area contributed by atoms with E-state index in [9.17, 15) is 0 Å². The minimum atomic E-state index is 0.423. The number of aromatic nitrogens is 1. The molecule has 112 valence electrons. The van der Waals surface area contributed by atoms with E-state index in [0.717, 1.165) is 36.2 Å². The van der Waals surface area contributed by atoms with Crippen molar-refractivity contribution in [3.8, 4) is 0 Å². The number of hydrogen-bond donors (Lipinski definition) is 1. The smallest absolute Gasteiger partial charge is 0.125 e. The lowest BCUT2D eigenvalue weighted by Crippen LogP contribution is -2.26. The van der Waals surface area contributed by atoms with Crippen molar-refractivity contribution in [3.05, 3.63) is 23.9 Å². The van der Waals surface area contributed by atoms with Gasteiger partial charge in [-0.25, -0.2) is 4.98 Å². The van der Waals surface area contributed by atoms with Gasteiger partial charge in [-0.15, -0.1) is 0 Å². The Morgan fingerprint density at radius 3 is 2.55 bits per heavy atom. The zero-order valence-corrected chi connectivity index (χ0v) is 13.1. The van der Waals surface area contributed by atoms with Crippen LogP contribution >= 0.6 is 0 Å². The van der Waals surface area contributed by atoms with Crippen LogP contribution in [0, 0.1) is 11.8 Å². The summed E-state index contributed by atoms with van der Waals surface area (Å²) >= 11 is 0. The Balaban J connectivity index is 1.78. The second kappa shape index (κ2) is 7.63. The lowest BCUT2D eigenvalue weighted by atomic mass is 9.82. The Bertz CT molecular complexity index is 380. The molecular weight excluding hydrogens is 248 g/mol. The maximum atomic E-state index is 6.07. The first-order valence-corrected chi connectivity index (χ1v) is 7.97. The lowest BCUT2D eigenvalue weighted by molar-refractivity contribution is -0.00924. The second-order valence-corrected chi connectivity index (χ2v) is 6.33. The summed E-state index contributed by atoms with van der Waals surface area (Å²) in [7, 11) is 0. The summed E-state index contributed by atoms with van der Waals surface area (Å²) in [4.78, 5) is 4.42. The molecule has 2 atom stereocenters. The highest BCUT2D eigenvalue weighted by molar-refractivity contribution is 5.35. The fourth-order valence-electron chi connectivity index (χ4n) is 3.09. The Hall–Kier alpha value is -1.09. The minimum Gasteiger partial charge on any atom is -0.373 e. The van der Waals surface area contributed by atoms with Crippen molar-refractivity contribution in [2.45, 2.75) is 59.2 Å². The average Bonchev–Trinajstić information content (AvgIpc) is 2.43. The predicted octanol–water partition coefficient (Wildman–Crippen LogP) is 4.24. The predicted molar refractivity (Wildman–Crippen MR) is 83.8 cm³/mol. The molecule has 1 aliphatic carbocycles. The van der Waals surface area contributed by atoms with Crippen LogP contribution in [0.4, 0.5) is 5.82 Å². The molecule has 1 aromatic rings. The normalized spacial score (nSPS) is 26.4. The van der Waals surface area contributed by atoms with E-state index >= 15 is 0 Å². The molecule has 2 rings (SSSR count). The van der Waals surface area contributed by atoms with Gasteiger partial charge in [-0.2, -0.15) is 0 Å². The number of ether oxygens (including phenoxy) is 1. The van der Waals surface area contributed by atoms with Gasteiger partial charge in [0.15, 0.2) is 0 Å². The van der Waals surface area contributed by atoms with Crippen molar-refractivity contribution >= 4 is 5.82 Å². The number of rotatable bonds is 6. The molecule has 1 aromatic heterocycles. The first-order valence-electron chi connectivity index (χ1n) is 7.97. The summed E-state index contributed by atoms with van der Waals surface area (Å²) < 4.78 is 6.07. The molecule has 0 radical (unpaired) electrons. The van der Waals surface area contributed by atoms with Crippen molar-refractivity contribution in [1.29, 1.82) is 0 Å². The van der Waals surface area contributed by atoms with Crippen molar-refractivity contribution < 1.29 is 4.74 Å². The maximum Gasteiger partial charge on any atom is 0.125 e. The second-order valence-electron chi connectivity index (χ2n) is 6.33. The third-order valence-electron chi connectivity index (χ3n) is 4.00. The first-order chi connectivity index (χ1) is 9.67. The Labute approximate surface area is 123 Å². The highest BCUT2D eigenvalue weighted by Crippen LogP contribution is 2.30. The lowest BCUT2D eigenvalue weighted by Gasteiger charge is -2.31. The van der Waals surface area contributed by atoms with E-state index in [2.05, 4.69) is 37.1 Å². The van der Waals surface area contributed by atoms with Gasteiger partial charge in [0.05, 0.1) is 12.7 Å². The Morgan fingerprint density at radius 1 is 1.20 bits per heavy atom. The molecular formula is C17H28N2O. The molecule has 0 amide bonds. The molecule has 0 bridgehead atoms. The van der Waals surface area contributed by atoms with E-state index in [1.54, 1.807) is 0 Å². The zero-order chi connectivity index (χ0) is 14.4. The van der Waals surface area contributed by atoms with Gasteiger partial charge in [0.2, 0.25) is 0 Å². The fraction of sp³-hybridized carbons (Fsp3) is 0.706. The molecule has 0 saturated heterocycles. The number of nitrogens with zero attached hydrogens (tertiary/aromatic N) is 1. The van der Waals surface area contributed by atoms with E-state index in [1.807, 2.05) is 12.3 Å². The largest absolute Gasteiger partial charge is 0.373 e. The van der Waals surface area contributed by atoms with Gasteiger partial charge in [-0.05, 0) is 49.1 Å². The number of nitrogens with one attached hydrogen (secondary N) is 1. The van der Waals surface area contributed by atoms with Gasteiger partial charge in [-0.1, -0.05) is 26.8 Å². The number of anilines is 1. The van der Waals surface area contributed by atoms with Gasteiger partial charge in [0.25, 0.3) is 0 Å². The van der Waals surface area contributed by atoms with E-state index < -0.39 is 0 Å². The molecule has 1 heterocycles. The van der Waals surface area contributed by atoms with Crippen LogP contribution in [0.3, 0.4) is 0 Å². The highest BCUT2D eigenvalue weighted by atomic mass is 16.5. The van der Waals surface area contributed by atoms with Gasteiger partial charge in [0, 0.05) is 12.7 Å². The number of pyridine rings is 1. The van der Waals surface area contributed by atoms with Crippen molar-refractivity contribution in [3.63, 3.8) is 0 Å². The molecule has 20 heavy (non-hydrogen) atoms. The average molecular weight is 276 g/mol. The van der Waals surface area contributed by atoms with Gasteiger partial charge < -0.3 is 10.1 Å². The van der Waals surface area contributed by atoms with Gasteiger partial charge >= 0.3 is 0 Å². The van der Waals surface area contributed by atoms with E-state index in [4.69, 9.17) is 4.74 Å². The van der Waals surface area contributed by atoms with Crippen LogP contribution in [0.25, 0.3) is 0 Å². The van der Waals surface area contributed by atoms with Crippen LogP contribution in [0.1, 0.15) is 52.0 Å². The first kappa shape index (κ1) is 15.3. The topological polar surface area (TPSA) is 34.1 Å². The van der Waals surface area contributed by atoms with E-state index in [1.165, 1.54) is 19.3 Å². The standard InChI is InChI=1S/C17H28N2O/c1-4-7-18-17-6-5-15(11-19-17)12-20-16-9-13(2)8-14(3)10-16/h5-6,11,13-14,16H,4,7-10,12H2,1-3H3,(H,18,19). The maximum absolute atomic E-state index is 6.07. The third kappa shape index (κ3) is 4.78. The van der Waals surface area contributed by atoms with Crippen LogP contribution in [0.5, 0.6) is 0 Å². The third-order valence-corrected chi connectivity index (χ3v) is 4.00. The summed E-state index contributed by atoms with van der Waals surface area (Å²) in [6.45, 7) is 8.48. The molecule has 1 fully saturated rings. The van der Waals surface area contributed by atoms with Crippen LogP contribution < -0.4 is 5.32 Å². The molecule has 3 nitrogen and oxygen atoms in total. The van der Waals surface area contributed by atoms with Crippen LogP contribution in [-0.2, 0) is 11.3 Å². The summed E-state index contributed by atoms with van der Waals surface area (Å²) in [5.41, 5.74) is 1.16. The molecule has 2 unspecified atom stereocenters. The molecule has 0 spiro atoms. The van der Waals surface area contributed by atoms with Crippen LogP contribution in [-0.4, -0.2) is 17.6 Å². The minimum absolute atomic E-state index is 0.423. The molecule has 1 N–H and O–H groups in total. The SMILES string of the molecule is CCCNc1ccc(COC2CC(C)CC(C)C2)cn1. The van der Waals surface area contributed by atoms with E-state index in [-0.39, 0.29) is 0 Å². The number of hydrogen-bond acceptors (Lipinski definition) is 3. The Kier molecular flexibility index (Phi) is 5.84. The van der Waals surface area contributed by atoms with Crippen molar-refractivity contribution in [1.82, 2.24) is 4.98 Å². The highest BCUT2D eigenvalue weighted by Gasteiger charge is 2.24. The monoisotopic (exact) mass is 276 g/mol. The fourth-order valence-corrected chi connectivity index (χ4v) is 3.09. The van der Waals surface area contributed by atoms with E-state index in [0.29, 0.717) is 12.7 Å². The van der Waals surface area contributed by atoms with Gasteiger partial charge in [0.1, 0.15) is 5.82 Å². The quantitative estimate of drug-likeness (QED) is 0.843. The molecule has 3 heteroatoms. The van der Waals surface area contributed by atoms with Crippen LogP contribution in [0.2, 0.25) is 0 Å². The summed E-state index contributed by atoms with van der Waals surface area (Å²) in [5.74, 6) is 2.54. The zero-order valence-electron chi connectivity index (χ0n) is 13.1. The molecule has 0 aromatic carbocycles. The van der Waals surface area contributed by atoms with Crippen molar-refractivity contribution in [2.75, 3.05) is 11.9 Å². The van der Waals surface area contributed by atoms with Crippen molar-refractivity contribution in [2.24, 2.45) is 11.8 Å².